The Kier molecular flexibility index (Phi) is 15.1. The van der Waals surface area contributed by atoms with E-state index in [2.05, 4.69) is 17.2 Å². The molecule has 1 aliphatic rings. The maximum atomic E-state index is 15.0. The van der Waals surface area contributed by atoms with Crippen LogP contribution in [0.1, 0.15) is 77.6 Å². The number of hydrogen-bond acceptors (Lipinski definition) is 7. The zero-order valence-electron chi connectivity index (χ0n) is 33.5. The van der Waals surface area contributed by atoms with Crippen molar-refractivity contribution in [2.75, 3.05) is 32.8 Å². The summed E-state index contributed by atoms with van der Waals surface area (Å²) < 4.78 is 31.2. The second-order valence-electron chi connectivity index (χ2n) is 16.3. The molecular weight excluding hydrogens is 735 g/mol. The third-order valence-corrected chi connectivity index (χ3v) is 10.4. The smallest absolute Gasteiger partial charge is 0.248 e. The quantitative estimate of drug-likeness (QED) is 0.0776. The number of nitrogens with two attached hydrogens (primary N) is 1. The third kappa shape index (κ3) is 11.4. The summed E-state index contributed by atoms with van der Waals surface area (Å²) in [4.78, 5) is 67.1. The number of imide groups is 1. The van der Waals surface area contributed by atoms with Crippen LogP contribution in [0.25, 0.3) is 11.1 Å². The molecule has 14 heteroatoms. The highest BCUT2D eigenvalue weighted by Gasteiger charge is 2.46. The minimum atomic E-state index is -1.06. The molecule has 5 amide bonds. The van der Waals surface area contributed by atoms with E-state index in [1.54, 1.807) is 18.3 Å². The lowest BCUT2D eigenvalue weighted by atomic mass is 9.75. The predicted molar refractivity (Wildman–Crippen MR) is 213 cm³/mol. The van der Waals surface area contributed by atoms with Crippen molar-refractivity contribution in [3.63, 3.8) is 0 Å². The zero-order chi connectivity index (χ0) is 42.1. The van der Waals surface area contributed by atoms with Crippen LogP contribution in [-0.4, -0.2) is 87.8 Å². The van der Waals surface area contributed by atoms with Crippen molar-refractivity contribution in [1.29, 1.82) is 0 Å². The number of aliphatic hydroxyl groups excluding tert-OH is 1. The molecule has 57 heavy (non-hydrogen) atoms. The number of carbonyl (C=O) groups is 5. The Morgan fingerprint density at radius 3 is 2.37 bits per heavy atom. The van der Waals surface area contributed by atoms with Gasteiger partial charge in [0.2, 0.25) is 29.5 Å². The van der Waals surface area contributed by atoms with Gasteiger partial charge in [0.05, 0.1) is 18.0 Å². The summed E-state index contributed by atoms with van der Waals surface area (Å²) in [6.45, 7) is 12.9. The van der Waals surface area contributed by atoms with Gasteiger partial charge >= 0.3 is 0 Å². The van der Waals surface area contributed by atoms with Gasteiger partial charge in [0.15, 0.2) is 0 Å². The largest absolute Gasteiger partial charge is 0.387 e. The van der Waals surface area contributed by atoms with Crippen LogP contribution in [-0.2, 0) is 30.5 Å². The average molecular weight is 791 g/mol. The maximum absolute atomic E-state index is 15.0. The summed E-state index contributed by atoms with van der Waals surface area (Å²) in [5.41, 5.74) is 7.19. The van der Waals surface area contributed by atoms with Gasteiger partial charge in [-0.25, -0.2) is 8.78 Å². The summed E-state index contributed by atoms with van der Waals surface area (Å²) in [6, 6.07) is 12.7. The van der Waals surface area contributed by atoms with Crippen LogP contribution in [0.3, 0.4) is 0 Å². The van der Waals surface area contributed by atoms with Gasteiger partial charge in [-0.3, -0.25) is 28.9 Å². The lowest BCUT2D eigenvalue weighted by molar-refractivity contribution is -0.141. The molecule has 0 spiro atoms. The Labute approximate surface area is 333 Å². The first-order valence-electron chi connectivity index (χ1n) is 19.2. The van der Waals surface area contributed by atoms with Crippen LogP contribution < -0.4 is 16.4 Å². The molecule has 0 saturated carbocycles. The van der Waals surface area contributed by atoms with Crippen LogP contribution in [0.4, 0.5) is 8.78 Å². The van der Waals surface area contributed by atoms with E-state index >= 15 is 4.39 Å². The van der Waals surface area contributed by atoms with Gasteiger partial charge in [0, 0.05) is 68.6 Å². The molecule has 0 radical (unpaired) electrons. The molecule has 12 nitrogen and oxygen atoms in total. The van der Waals surface area contributed by atoms with E-state index < -0.39 is 64.8 Å². The van der Waals surface area contributed by atoms with Crippen LogP contribution in [0, 0.1) is 28.4 Å². The molecule has 3 atom stereocenters. The molecule has 1 aromatic heterocycles. The molecule has 5 N–H and O–H groups in total. The lowest BCUT2D eigenvalue weighted by Crippen LogP contribution is -2.48. The first-order chi connectivity index (χ1) is 26.9. The second-order valence-corrected chi connectivity index (χ2v) is 16.3. The van der Waals surface area contributed by atoms with E-state index in [4.69, 9.17) is 5.73 Å². The molecule has 4 rings (SSSR count). The number of rotatable bonds is 19. The third-order valence-electron chi connectivity index (χ3n) is 10.4. The van der Waals surface area contributed by atoms with Gasteiger partial charge in [-0.1, -0.05) is 71.0 Å². The second kappa shape index (κ2) is 19.3. The van der Waals surface area contributed by atoms with Gasteiger partial charge in [-0.15, -0.1) is 6.58 Å². The molecule has 2 heterocycles. The van der Waals surface area contributed by atoms with Gasteiger partial charge in [-0.05, 0) is 53.5 Å². The highest BCUT2D eigenvalue weighted by molar-refractivity contribution is 6.04. The molecule has 1 fully saturated rings. The normalized spacial score (nSPS) is 15.7. The Morgan fingerprint density at radius 1 is 1.04 bits per heavy atom. The number of allylic oxidation sites excluding steroid dienone is 1. The predicted octanol–water partition coefficient (Wildman–Crippen LogP) is 4.71. The molecule has 1 unspecified atom stereocenters. The van der Waals surface area contributed by atoms with Crippen LogP contribution in [0.5, 0.6) is 0 Å². The summed E-state index contributed by atoms with van der Waals surface area (Å²) >= 11 is 0. The van der Waals surface area contributed by atoms with Crippen molar-refractivity contribution in [3.05, 3.63) is 96.3 Å². The number of benzene rings is 2. The average Bonchev–Trinajstić information content (AvgIpc) is 3.69. The van der Waals surface area contributed by atoms with Crippen molar-refractivity contribution in [1.82, 2.24) is 25.0 Å². The Balaban J connectivity index is 1.40. The SMILES string of the molecule is C=CCC(C)(C)C1CC(=O)N(CCC(=O)NCCNC(=O)[C@@H](N)CCN(C(=O)CO)[C@@H](c2cc(-c3cc(F)ccc3F)cn2Cc2ccccc2)C(C)(C)C)C1=O. The molecule has 2 aromatic carbocycles. The molecule has 3 aromatic rings. The van der Waals surface area contributed by atoms with E-state index in [1.807, 2.05) is 69.5 Å². The van der Waals surface area contributed by atoms with Crippen LogP contribution in [0.2, 0.25) is 0 Å². The van der Waals surface area contributed by atoms with Crippen LogP contribution in [0.15, 0.2) is 73.4 Å². The van der Waals surface area contributed by atoms with Crippen molar-refractivity contribution in [2.24, 2.45) is 22.5 Å². The van der Waals surface area contributed by atoms with E-state index in [1.165, 1.54) is 4.90 Å². The van der Waals surface area contributed by atoms with E-state index in [0.29, 0.717) is 24.2 Å². The maximum Gasteiger partial charge on any atom is 0.248 e. The number of aromatic nitrogens is 1. The topological polar surface area (TPSA) is 167 Å². The number of halogens is 2. The highest BCUT2D eigenvalue weighted by atomic mass is 19.1. The number of likely N-dealkylation sites (tertiary alicyclic amines) is 1. The van der Waals surface area contributed by atoms with Crippen LogP contribution >= 0.6 is 0 Å². The first kappa shape index (κ1) is 44.5. The monoisotopic (exact) mass is 790 g/mol. The lowest BCUT2D eigenvalue weighted by Gasteiger charge is -2.41. The number of nitrogens with zero attached hydrogens (tertiary/aromatic N) is 3. The Bertz CT molecular complexity index is 1920. The van der Waals surface area contributed by atoms with Crippen molar-refractivity contribution in [2.45, 2.75) is 78.9 Å². The summed E-state index contributed by atoms with van der Waals surface area (Å²) in [7, 11) is 0. The molecule has 1 aliphatic heterocycles. The van der Waals surface area contributed by atoms with E-state index in [-0.39, 0.29) is 62.8 Å². The van der Waals surface area contributed by atoms with E-state index in [0.717, 1.165) is 28.7 Å². The first-order valence-corrected chi connectivity index (χ1v) is 19.2. The zero-order valence-corrected chi connectivity index (χ0v) is 33.5. The van der Waals surface area contributed by atoms with Crippen molar-refractivity contribution in [3.8, 4) is 11.1 Å². The summed E-state index contributed by atoms with van der Waals surface area (Å²) in [6.07, 6.45) is 4.03. The number of hydrogen-bond donors (Lipinski definition) is 4. The fourth-order valence-corrected chi connectivity index (χ4v) is 7.37. The molecule has 0 aliphatic carbocycles. The number of nitrogens with one attached hydrogen (secondary N) is 2. The van der Waals surface area contributed by atoms with Gasteiger partial charge in [-0.2, -0.15) is 0 Å². The minimum Gasteiger partial charge on any atom is -0.387 e. The van der Waals surface area contributed by atoms with Crippen molar-refractivity contribution < 1.29 is 37.9 Å². The summed E-state index contributed by atoms with van der Waals surface area (Å²) in [5, 5.41) is 15.5. The Morgan fingerprint density at radius 2 is 1.72 bits per heavy atom. The number of carbonyl (C=O) groups excluding carboxylic acids is 5. The Hall–Kier alpha value is -5.21. The molecule has 308 valence electrons. The molecule has 0 bridgehead atoms. The number of aliphatic hydroxyl groups is 1. The van der Waals surface area contributed by atoms with Crippen molar-refractivity contribution >= 4 is 29.5 Å². The van der Waals surface area contributed by atoms with E-state index in [9.17, 15) is 33.5 Å². The van der Waals surface area contributed by atoms with Gasteiger partial charge in [0.1, 0.15) is 18.2 Å². The molecular formula is C43H56F2N6O6. The summed E-state index contributed by atoms with van der Waals surface area (Å²) in [5.74, 6) is -3.82. The fourth-order valence-electron chi connectivity index (χ4n) is 7.37. The van der Waals surface area contributed by atoms with Gasteiger partial charge < -0.3 is 30.9 Å². The standard InChI is InChI=1S/C43H56F2N6O6/c1-7-17-43(5,6)32-24-37(54)51(41(32)57)21-16-36(53)47-18-19-48-40(56)34(46)15-20-50(38(55)27-52)39(42(2,3)4)35-22-29(31-23-30(44)13-14-33(31)45)26-49(35)25-28-11-9-8-10-12-28/h7-14,22-23,26,32,34,39,52H,1,15-21,24-25,27,46H2,2-6H3,(H,47,53)(H,48,56)/t32?,34-,39-/m0/s1. The minimum absolute atomic E-state index is 0.0176. The fraction of sp³-hybridized carbons (Fsp3) is 0.465. The highest BCUT2D eigenvalue weighted by Crippen LogP contribution is 2.42. The van der Waals surface area contributed by atoms with Gasteiger partial charge in [0.25, 0.3) is 0 Å². The molecule has 1 saturated heterocycles. The number of amides is 5.